The molecule has 0 unspecified atom stereocenters. The minimum atomic E-state index is -0.967. The first kappa shape index (κ1) is 67.3. The van der Waals surface area contributed by atoms with Crippen LogP contribution in [0.3, 0.4) is 0 Å². The Kier molecular flexibility index (Phi) is 24.9. The number of nitrogens with zero attached hydrogens (tertiary/aromatic N) is 9. The van der Waals surface area contributed by atoms with Crippen LogP contribution in [0.4, 0.5) is 0 Å². The number of esters is 2. The maximum Gasteiger partial charge on any atom is 2.00 e. The van der Waals surface area contributed by atoms with E-state index in [-0.39, 0.29) is 89.2 Å². The van der Waals surface area contributed by atoms with Crippen LogP contribution in [-0.4, -0.2) is 149 Å². The number of methoxy groups -OCH3 is 2. The number of rotatable bonds is 10. The van der Waals surface area contributed by atoms with E-state index >= 15 is 0 Å². The van der Waals surface area contributed by atoms with Crippen molar-refractivity contribution in [2.75, 3.05) is 33.9 Å². The molecule has 3 saturated heterocycles. The van der Waals surface area contributed by atoms with Gasteiger partial charge in [-0.25, -0.2) is 44.5 Å². The van der Waals surface area contributed by atoms with Crippen LogP contribution < -0.4 is 22.3 Å². The van der Waals surface area contributed by atoms with Crippen LogP contribution in [0.25, 0.3) is 22.8 Å². The zero-order chi connectivity index (χ0) is 56.5. The third-order valence-corrected chi connectivity index (χ3v) is 18.1. The van der Waals surface area contributed by atoms with Crippen molar-refractivity contribution in [1.82, 2.24) is 50.0 Å². The summed E-state index contributed by atoms with van der Waals surface area (Å²) in [6.07, 6.45) is 12.7. The first-order chi connectivity index (χ1) is 37.9. The second-order valence-corrected chi connectivity index (χ2v) is 24.6. The SMILES string of the molecule is COC(=O)c1nc([C@@H]2CC[C@@H](C)N(C(=O)c3ccccc3-c3ncccn3)C2)sc1C.COC(=O)c1nc([C@@H]2CC[C@@H](C)NC2)sc1C.Cc1sc([C@@H]2CC[C@@H](C)N(C(=O)c3ccccc3-c3ncccn3)C2)nc1C(C)(C)O.[Br-].[CH3-].[Mg+2]. The second-order valence-electron chi connectivity index (χ2n) is 20.9. The number of carbonyl (C=O) groups excluding carboxylic acids is 4. The van der Waals surface area contributed by atoms with Gasteiger partial charge in [0.25, 0.3) is 11.8 Å². The van der Waals surface area contributed by atoms with Gasteiger partial charge in [-0.2, -0.15) is 0 Å². The fourth-order valence-corrected chi connectivity index (χ4v) is 13.5. The van der Waals surface area contributed by atoms with E-state index in [0.717, 1.165) is 91.5 Å². The van der Waals surface area contributed by atoms with Gasteiger partial charge >= 0.3 is 35.0 Å². The summed E-state index contributed by atoms with van der Waals surface area (Å²) in [4.78, 5) is 88.4. The van der Waals surface area contributed by atoms with Gasteiger partial charge in [0.05, 0.1) is 46.1 Å². The number of benzene rings is 2. The van der Waals surface area contributed by atoms with Crippen molar-refractivity contribution in [2.45, 2.75) is 135 Å². The number of likely N-dealkylation sites (tertiary alicyclic amines) is 2. The van der Waals surface area contributed by atoms with Gasteiger partial charge in [0, 0.05) is 106 Å². The number of thiazole rings is 3. The number of halogens is 1. The molecule has 0 radical (unpaired) electrons. The smallest absolute Gasteiger partial charge is 1.00 e. The first-order valence-electron chi connectivity index (χ1n) is 26.8. The van der Waals surface area contributed by atoms with Gasteiger partial charge in [0.2, 0.25) is 0 Å². The number of ether oxygens (including phenoxy) is 2. The third kappa shape index (κ3) is 16.0. The minimum Gasteiger partial charge on any atom is -1.00 e. The zero-order valence-corrected chi connectivity index (χ0v) is 54.1. The Balaban J connectivity index is 0.000000231. The molecule has 3 fully saturated rings. The van der Waals surface area contributed by atoms with E-state index in [4.69, 9.17) is 14.5 Å². The summed E-state index contributed by atoms with van der Waals surface area (Å²) < 4.78 is 9.56. The van der Waals surface area contributed by atoms with E-state index in [1.54, 1.807) is 73.4 Å². The molecule has 2 aromatic carbocycles. The van der Waals surface area contributed by atoms with E-state index < -0.39 is 11.6 Å². The fraction of sp³-hybridized carbons (Fsp3) is 0.433. The van der Waals surface area contributed by atoms with Crippen molar-refractivity contribution in [1.29, 1.82) is 0 Å². The van der Waals surface area contributed by atoms with Crippen molar-refractivity contribution in [3.05, 3.63) is 151 Å². The Hall–Kier alpha value is -5.46. The second kappa shape index (κ2) is 30.4. The zero-order valence-electron chi connectivity index (χ0n) is 48.6. The molecular weight excluding hydrogens is 1170 g/mol. The molecule has 6 atom stereocenters. The van der Waals surface area contributed by atoms with Crippen LogP contribution in [0.2, 0.25) is 0 Å². The number of piperidine rings is 3. The number of aryl methyl sites for hydroxylation is 3. The Morgan fingerprint density at radius 1 is 0.585 bits per heavy atom. The van der Waals surface area contributed by atoms with Crippen LogP contribution >= 0.6 is 34.0 Å². The first-order valence-corrected chi connectivity index (χ1v) is 29.2. The van der Waals surface area contributed by atoms with Crippen LogP contribution in [-0.2, 0) is 15.1 Å². The van der Waals surface area contributed by atoms with Crippen molar-refractivity contribution in [3.8, 4) is 22.8 Å². The van der Waals surface area contributed by atoms with E-state index in [0.29, 0.717) is 59.2 Å². The average molecular weight is 1250 g/mol. The summed E-state index contributed by atoms with van der Waals surface area (Å²) in [6.45, 7) is 17.8. The number of nitrogens with one attached hydrogen (secondary N) is 1. The predicted octanol–water partition coefficient (Wildman–Crippen LogP) is 7.81. The average Bonchev–Trinajstić information content (AvgIpc) is 4.21. The Labute approximate surface area is 520 Å². The van der Waals surface area contributed by atoms with Crippen LogP contribution in [0, 0.1) is 28.2 Å². The summed E-state index contributed by atoms with van der Waals surface area (Å²) in [5, 5.41) is 16.8. The molecule has 82 heavy (non-hydrogen) atoms. The summed E-state index contributed by atoms with van der Waals surface area (Å²) in [6, 6.07) is 19.3. The molecule has 0 aliphatic carbocycles. The normalized spacial score (nSPS) is 19.5. The van der Waals surface area contributed by atoms with Gasteiger partial charge in [-0.1, -0.05) is 36.4 Å². The van der Waals surface area contributed by atoms with Crippen molar-refractivity contribution < 1.29 is 50.7 Å². The number of aliphatic hydroxyl groups is 1. The molecule has 0 spiro atoms. The van der Waals surface area contributed by atoms with Crippen LogP contribution in [0.5, 0.6) is 0 Å². The molecule has 5 aromatic heterocycles. The monoisotopic (exact) mass is 1240 g/mol. The topological polar surface area (TPSA) is 216 Å². The van der Waals surface area contributed by atoms with Crippen molar-refractivity contribution >= 4 is 80.8 Å². The summed E-state index contributed by atoms with van der Waals surface area (Å²) in [7, 11) is 2.75. The van der Waals surface area contributed by atoms with Crippen LogP contribution in [0.15, 0.2) is 85.5 Å². The molecule has 3 aliphatic rings. The molecule has 432 valence electrons. The maximum absolute atomic E-state index is 13.6. The number of amides is 2. The minimum absolute atomic E-state index is 0. The Morgan fingerprint density at radius 2 is 0.976 bits per heavy atom. The van der Waals surface area contributed by atoms with Crippen molar-refractivity contribution in [3.63, 3.8) is 0 Å². The summed E-state index contributed by atoms with van der Waals surface area (Å²) in [5.41, 5.74) is 3.29. The van der Waals surface area contributed by atoms with Gasteiger partial charge in [-0.05, 0) is 118 Å². The number of hydrogen-bond acceptors (Lipinski definition) is 18. The van der Waals surface area contributed by atoms with E-state index in [1.807, 2.05) is 79.1 Å². The summed E-state index contributed by atoms with van der Waals surface area (Å²) >= 11 is 4.75. The molecule has 8 heterocycles. The fourth-order valence-electron chi connectivity index (χ4n) is 10.2. The Morgan fingerprint density at radius 3 is 1.37 bits per heavy atom. The molecule has 10 rings (SSSR count). The number of hydrogen-bond donors (Lipinski definition) is 2. The molecule has 17 nitrogen and oxygen atoms in total. The quantitative estimate of drug-likeness (QED) is 0.0759. The van der Waals surface area contributed by atoms with Gasteiger partial charge in [0.1, 0.15) is 5.60 Å². The molecule has 0 bridgehead atoms. The van der Waals surface area contributed by atoms with E-state index in [1.165, 1.54) is 25.6 Å². The molecule has 3 aliphatic heterocycles. The molecule has 2 N–H and O–H groups in total. The van der Waals surface area contributed by atoms with E-state index in [2.05, 4.69) is 56.0 Å². The van der Waals surface area contributed by atoms with Crippen LogP contribution in [0.1, 0.15) is 168 Å². The van der Waals surface area contributed by atoms with E-state index in [9.17, 15) is 24.3 Å². The molecule has 7 aromatic rings. The molecule has 2 amide bonds. The van der Waals surface area contributed by atoms with Gasteiger partial charge in [-0.3, -0.25) is 9.59 Å². The van der Waals surface area contributed by atoms with Gasteiger partial charge in [0.15, 0.2) is 23.0 Å². The van der Waals surface area contributed by atoms with Gasteiger partial charge < -0.3 is 54.1 Å². The standard InChI is InChI=1S/C24H28N4O2S.C23H24N4O3S.C12H18N2O2S.CH3.BrH.Mg/c1-15-10-11-17(22-27-20(16(2)31-22)24(3,4)30)14-28(15)23(29)19-9-6-5-8-18(19)21-25-12-7-13-26-21;1-14-9-10-16(21-26-19(15(2)31-21)23(29)30-3)13-27(14)22(28)18-8-5-4-7-17(18)20-24-11-6-12-25-20;1-7-4-5-9(6-13-7)11-14-10(8(2)17-11)12(15)16-3;;;/h5-9,12-13,15,17,30H,10-11,14H2,1-4H3;4-8,11-12,14,16H,9-10,13H2,1-3H3;7,9,13H,4-6H2,1-3H3;1H3;1H;/q;;;-1;;+2/p-1/t15-,17-;14-,16-;7-,9-;;;/m111.../s1. The Bertz CT molecular complexity index is 3240. The molecule has 22 heteroatoms. The molecular formula is C60H73BrMgN10O7S3. The number of carbonyl (C=O) groups is 4. The maximum atomic E-state index is 13.6. The number of aromatic nitrogens is 7. The largest absolute Gasteiger partial charge is 2.00 e. The molecule has 0 saturated carbocycles. The summed E-state index contributed by atoms with van der Waals surface area (Å²) in [5.74, 6) is 0.980. The van der Waals surface area contributed by atoms with Crippen molar-refractivity contribution in [2.24, 2.45) is 0 Å². The van der Waals surface area contributed by atoms with Gasteiger partial charge in [-0.15, -0.1) is 34.0 Å². The third-order valence-electron chi connectivity index (χ3n) is 14.7. The predicted molar refractivity (Wildman–Crippen MR) is 320 cm³/mol.